The van der Waals surface area contributed by atoms with Crippen LogP contribution in [0.15, 0.2) is 36.5 Å². The first kappa shape index (κ1) is 21.9. The van der Waals surface area contributed by atoms with E-state index in [1.165, 1.54) is 11.8 Å². The number of ether oxygens (including phenoxy) is 2. The predicted octanol–water partition coefficient (Wildman–Crippen LogP) is 2.86. The molecule has 166 valence electrons. The van der Waals surface area contributed by atoms with Crippen molar-refractivity contribution in [2.24, 2.45) is 5.73 Å². The number of thioether (sulfide) groups is 1. The molecule has 0 saturated carbocycles. The Morgan fingerprint density at radius 3 is 2.81 bits per heavy atom. The Hall–Kier alpha value is -2.33. The number of aliphatic hydroxyl groups is 1. The topological polar surface area (TPSA) is 98.7 Å². The molecule has 0 unspecified atom stereocenters. The Morgan fingerprint density at radius 2 is 2.06 bits per heavy atom. The normalized spacial score (nSPS) is 15.6. The SMILES string of the molecule is CC(C)n1ncc2c(N3CCOCC3)cc(-c3cccc(OC[C@@H](O)SCN)c3)nc21. The van der Waals surface area contributed by atoms with Crippen LogP contribution in [0.2, 0.25) is 0 Å². The molecule has 1 saturated heterocycles. The minimum Gasteiger partial charge on any atom is -0.490 e. The summed E-state index contributed by atoms with van der Waals surface area (Å²) in [6.07, 6.45) is 1.91. The summed E-state index contributed by atoms with van der Waals surface area (Å²) in [6.45, 7) is 7.49. The molecule has 2 aromatic heterocycles. The van der Waals surface area contributed by atoms with Crippen molar-refractivity contribution < 1.29 is 14.6 Å². The summed E-state index contributed by atoms with van der Waals surface area (Å²) in [5.74, 6) is 1.03. The lowest BCUT2D eigenvalue weighted by atomic mass is 10.1. The number of aliphatic hydroxyl groups excluding tert-OH is 1. The first-order valence-corrected chi connectivity index (χ1v) is 11.6. The van der Waals surface area contributed by atoms with Gasteiger partial charge in [0.15, 0.2) is 5.65 Å². The highest BCUT2D eigenvalue weighted by molar-refractivity contribution is 7.99. The van der Waals surface area contributed by atoms with E-state index in [9.17, 15) is 5.11 Å². The molecule has 9 heteroatoms. The summed E-state index contributed by atoms with van der Waals surface area (Å²) in [7, 11) is 0. The van der Waals surface area contributed by atoms with E-state index in [0.717, 1.165) is 41.1 Å². The maximum Gasteiger partial charge on any atom is 0.160 e. The number of nitrogens with two attached hydrogens (primary N) is 1. The molecule has 0 amide bonds. The van der Waals surface area contributed by atoms with Crippen molar-refractivity contribution in [3.05, 3.63) is 36.5 Å². The number of benzene rings is 1. The number of morpholine rings is 1. The molecular formula is C22H29N5O3S. The molecule has 31 heavy (non-hydrogen) atoms. The molecule has 0 aliphatic carbocycles. The van der Waals surface area contributed by atoms with E-state index < -0.39 is 5.44 Å². The average Bonchev–Trinajstić information content (AvgIpc) is 3.22. The first-order valence-electron chi connectivity index (χ1n) is 10.5. The van der Waals surface area contributed by atoms with Crippen LogP contribution in [-0.2, 0) is 4.74 Å². The van der Waals surface area contributed by atoms with Crippen LogP contribution in [0.3, 0.4) is 0 Å². The van der Waals surface area contributed by atoms with Crippen LogP contribution in [0.5, 0.6) is 5.75 Å². The first-order chi connectivity index (χ1) is 15.1. The van der Waals surface area contributed by atoms with Gasteiger partial charge in [0.25, 0.3) is 0 Å². The summed E-state index contributed by atoms with van der Waals surface area (Å²) in [6, 6.07) is 10.1. The third-order valence-corrected chi connectivity index (χ3v) is 5.91. The molecule has 1 atom stereocenters. The maximum absolute atomic E-state index is 9.87. The van der Waals surface area contributed by atoms with E-state index in [-0.39, 0.29) is 12.6 Å². The molecule has 0 spiro atoms. The maximum atomic E-state index is 9.87. The zero-order valence-corrected chi connectivity index (χ0v) is 18.7. The lowest BCUT2D eigenvalue weighted by Gasteiger charge is -2.29. The number of pyridine rings is 1. The Kier molecular flexibility index (Phi) is 6.96. The van der Waals surface area contributed by atoms with Crippen LogP contribution in [0.1, 0.15) is 19.9 Å². The highest BCUT2D eigenvalue weighted by Crippen LogP contribution is 2.33. The molecule has 8 nitrogen and oxygen atoms in total. The molecule has 3 heterocycles. The molecule has 3 aromatic rings. The number of anilines is 1. The minimum atomic E-state index is -0.656. The van der Waals surface area contributed by atoms with Crippen LogP contribution in [0.25, 0.3) is 22.3 Å². The third kappa shape index (κ3) is 4.95. The van der Waals surface area contributed by atoms with E-state index in [0.29, 0.717) is 24.8 Å². The number of fused-ring (bicyclic) bond motifs is 1. The third-order valence-electron chi connectivity index (χ3n) is 5.20. The number of hydrogen-bond acceptors (Lipinski definition) is 8. The summed E-state index contributed by atoms with van der Waals surface area (Å²) < 4.78 is 13.3. The molecule has 1 aromatic carbocycles. The largest absolute Gasteiger partial charge is 0.490 e. The second-order valence-electron chi connectivity index (χ2n) is 7.67. The van der Waals surface area contributed by atoms with Crippen LogP contribution >= 0.6 is 11.8 Å². The van der Waals surface area contributed by atoms with Crippen molar-refractivity contribution in [2.75, 3.05) is 43.7 Å². The summed E-state index contributed by atoms with van der Waals surface area (Å²) in [5.41, 5.74) is 8.61. The minimum absolute atomic E-state index is 0.178. The van der Waals surface area contributed by atoms with Gasteiger partial charge >= 0.3 is 0 Å². The number of hydrogen-bond donors (Lipinski definition) is 2. The van der Waals surface area contributed by atoms with Gasteiger partial charge in [-0.3, -0.25) is 0 Å². The number of nitrogens with zero attached hydrogens (tertiary/aromatic N) is 4. The zero-order chi connectivity index (χ0) is 21.8. The van der Waals surface area contributed by atoms with Gasteiger partial charge in [-0.15, -0.1) is 11.8 Å². The fraction of sp³-hybridized carbons (Fsp3) is 0.455. The van der Waals surface area contributed by atoms with E-state index in [1.54, 1.807) is 0 Å². The van der Waals surface area contributed by atoms with Gasteiger partial charge in [-0.2, -0.15) is 5.10 Å². The highest BCUT2D eigenvalue weighted by Gasteiger charge is 2.20. The summed E-state index contributed by atoms with van der Waals surface area (Å²) in [5, 5.41) is 15.5. The van der Waals surface area contributed by atoms with Gasteiger partial charge in [0, 0.05) is 30.6 Å². The lowest BCUT2D eigenvalue weighted by Crippen LogP contribution is -2.36. The van der Waals surface area contributed by atoms with Gasteiger partial charge in [-0.05, 0) is 32.0 Å². The second kappa shape index (κ2) is 9.86. The van der Waals surface area contributed by atoms with Crippen molar-refractivity contribution in [1.82, 2.24) is 14.8 Å². The monoisotopic (exact) mass is 443 g/mol. The standard InChI is InChI=1S/C22H29N5O3S/c1-15(2)27-22-18(12-24-27)20(26-6-8-29-9-7-26)11-19(25-22)16-4-3-5-17(10-16)30-13-21(28)31-14-23/h3-5,10-12,15,21,28H,6-9,13-14,23H2,1-2H3/t21-/m0/s1. The molecule has 0 radical (unpaired) electrons. The Morgan fingerprint density at radius 1 is 1.26 bits per heavy atom. The molecule has 3 N–H and O–H groups in total. The molecule has 1 fully saturated rings. The van der Waals surface area contributed by atoms with E-state index in [1.807, 2.05) is 35.1 Å². The van der Waals surface area contributed by atoms with Gasteiger partial charge in [0.2, 0.25) is 0 Å². The van der Waals surface area contributed by atoms with Crippen molar-refractivity contribution in [3.8, 4) is 17.0 Å². The molecule has 1 aliphatic heterocycles. The van der Waals surface area contributed by atoms with Gasteiger partial charge < -0.3 is 25.2 Å². The Balaban J connectivity index is 1.71. The molecule has 4 rings (SSSR count). The second-order valence-corrected chi connectivity index (χ2v) is 8.88. The average molecular weight is 444 g/mol. The zero-order valence-electron chi connectivity index (χ0n) is 17.9. The van der Waals surface area contributed by atoms with Gasteiger partial charge in [-0.1, -0.05) is 12.1 Å². The van der Waals surface area contributed by atoms with Crippen molar-refractivity contribution in [2.45, 2.75) is 25.3 Å². The Bertz CT molecular complexity index is 1020. The Labute approximate surface area is 186 Å². The quantitative estimate of drug-likeness (QED) is 0.513. The predicted molar refractivity (Wildman–Crippen MR) is 125 cm³/mol. The molecule has 0 bridgehead atoms. The lowest BCUT2D eigenvalue weighted by molar-refractivity contribution is 0.123. The van der Waals surface area contributed by atoms with Crippen molar-refractivity contribution >= 4 is 28.5 Å². The van der Waals surface area contributed by atoms with Crippen molar-refractivity contribution in [3.63, 3.8) is 0 Å². The van der Waals surface area contributed by atoms with Crippen LogP contribution < -0.4 is 15.4 Å². The van der Waals surface area contributed by atoms with E-state index in [4.69, 9.17) is 20.2 Å². The van der Waals surface area contributed by atoms with Crippen LogP contribution in [0, 0.1) is 0 Å². The molecular weight excluding hydrogens is 414 g/mol. The fourth-order valence-corrected chi connectivity index (χ4v) is 4.05. The fourth-order valence-electron chi connectivity index (χ4n) is 3.67. The van der Waals surface area contributed by atoms with Crippen molar-refractivity contribution in [1.29, 1.82) is 0 Å². The van der Waals surface area contributed by atoms with E-state index in [2.05, 4.69) is 29.9 Å². The van der Waals surface area contributed by atoms with Crippen LogP contribution in [0.4, 0.5) is 5.69 Å². The summed E-state index contributed by atoms with van der Waals surface area (Å²) in [4.78, 5) is 7.30. The van der Waals surface area contributed by atoms with Crippen LogP contribution in [-0.4, -0.2) is 64.1 Å². The highest BCUT2D eigenvalue weighted by atomic mass is 32.2. The smallest absolute Gasteiger partial charge is 0.160 e. The van der Waals surface area contributed by atoms with Gasteiger partial charge in [0.05, 0.1) is 36.2 Å². The summed E-state index contributed by atoms with van der Waals surface area (Å²) >= 11 is 1.25. The van der Waals surface area contributed by atoms with E-state index >= 15 is 0 Å². The van der Waals surface area contributed by atoms with Gasteiger partial charge in [-0.25, -0.2) is 9.67 Å². The number of aromatic nitrogens is 3. The molecule has 1 aliphatic rings. The number of rotatable bonds is 8. The van der Waals surface area contributed by atoms with Gasteiger partial charge in [0.1, 0.15) is 17.8 Å².